The lowest BCUT2D eigenvalue weighted by molar-refractivity contribution is -0.138. The maximum absolute atomic E-state index is 13.7. The fraction of sp³-hybridized carbons (Fsp3) is 0.500. The molecule has 2 aromatic rings. The number of hydrogen-bond acceptors (Lipinski definition) is 3. The van der Waals surface area contributed by atoms with Gasteiger partial charge in [-0.05, 0) is 31.9 Å². The number of aromatic nitrogens is 2. The highest BCUT2D eigenvalue weighted by molar-refractivity contribution is 5.57. The van der Waals surface area contributed by atoms with Crippen molar-refractivity contribution in [3.8, 4) is 11.6 Å². The third-order valence-electron chi connectivity index (χ3n) is 4.36. The van der Waals surface area contributed by atoms with Gasteiger partial charge in [-0.1, -0.05) is 37.5 Å². The number of alkyl halides is 3. The Bertz CT molecular complexity index is 692. The number of nitrogens with one attached hydrogen (secondary N) is 1. The normalized spacial score (nSPS) is 16.0. The van der Waals surface area contributed by atoms with E-state index in [0.717, 1.165) is 32.1 Å². The van der Waals surface area contributed by atoms with Crippen molar-refractivity contribution in [2.75, 3.05) is 11.9 Å². The lowest BCUT2D eigenvalue weighted by Crippen LogP contribution is -2.25. The van der Waals surface area contributed by atoms with E-state index in [-0.39, 0.29) is 24.3 Å². The number of rotatable bonds is 5. The summed E-state index contributed by atoms with van der Waals surface area (Å²) in [4.78, 5) is 0. The molecular formula is C18H22F3N3O. The van der Waals surface area contributed by atoms with Gasteiger partial charge in [-0.15, -0.1) is 5.10 Å². The van der Waals surface area contributed by atoms with Crippen molar-refractivity contribution in [2.45, 2.75) is 51.2 Å². The molecule has 0 amide bonds. The molecule has 0 radical (unpaired) electrons. The molecule has 136 valence electrons. The first-order valence-electron chi connectivity index (χ1n) is 8.65. The van der Waals surface area contributed by atoms with Gasteiger partial charge >= 0.3 is 6.18 Å². The van der Waals surface area contributed by atoms with Crippen molar-refractivity contribution >= 4 is 5.82 Å². The second-order valence-electron chi connectivity index (χ2n) is 6.19. The Kier molecular flexibility index (Phi) is 5.20. The van der Waals surface area contributed by atoms with Gasteiger partial charge in [-0.3, -0.25) is 0 Å². The average Bonchev–Trinajstić information content (AvgIpc) is 2.95. The molecule has 7 heteroatoms. The van der Waals surface area contributed by atoms with Crippen LogP contribution in [0.4, 0.5) is 19.0 Å². The number of ether oxygens (including phenoxy) is 1. The van der Waals surface area contributed by atoms with Crippen molar-refractivity contribution in [1.82, 2.24) is 9.78 Å². The van der Waals surface area contributed by atoms with Crippen LogP contribution in [-0.4, -0.2) is 22.4 Å². The van der Waals surface area contributed by atoms with Gasteiger partial charge in [-0.2, -0.15) is 13.2 Å². The Hall–Kier alpha value is -2.18. The molecule has 0 aliphatic heterocycles. The summed E-state index contributed by atoms with van der Waals surface area (Å²) in [6.45, 7) is 1.77. The van der Waals surface area contributed by atoms with E-state index in [1.807, 2.05) is 6.07 Å². The number of benzene rings is 1. The molecule has 4 nitrogen and oxygen atoms in total. The van der Waals surface area contributed by atoms with Crippen LogP contribution in [0.25, 0.3) is 5.69 Å². The van der Waals surface area contributed by atoms with E-state index < -0.39 is 11.7 Å². The van der Waals surface area contributed by atoms with Gasteiger partial charge in [0.25, 0.3) is 0 Å². The average molecular weight is 353 g/mol. The lowest BCUT2D eigenvalue weighted by Gasteiger charge is -2.25. The number of hydrogen-bond donors (Lipinski definition) is 1. The molecule has 0 saturated heterocycles. The highest BCUT2D eigenvalue weighted by Crippen LogP contribution is 2.43. The quantitative estimate of drug-likeness (QED) is 0.819. The Balaban J connectivity index is 2.09. The first-order chi connectivity index (χ1) is 12.0. The van der Waals surface area contributed by atoms with Gasteiger partial charge in [0.1, 0.15) is 5.82 Å². The number of para-hydroxylation sites is 1. The summed E-state index contributed by atoms with van der Waals surface area (Å²) >= 11 is 0. The lowest BCUT2D eigenvalue weighted by atomic mass is 9.95. The fourth-order valence-corrected chi connectivity index (χ4v) is 3.22. The van der Waals surface area contributed by atoms with Gasteiger partial charge < -0.3 is 10.1 Å². The van der Waals surface area contributed by atoms with Gasteiger partial charge in [-0.25, -0.2) is 4.68 Å². The van der Waals surface area contributed by atoms with Crippen molar-refractivity contribution in [3.63, 3.8) is 0 Å². The molecule has 25 heavy (non-hydrogen) atoms. The Morgan fingerprint density at radius 1 is 1.16 bits per heavy atom. The summed E-state index contributed by atoms with van der Waals surface area (Å²) in [7, 11) is 0. The predicted octanol–water partition coefficient (Wildman–Crippen LogP) is 5.03. The van der Waals surface area contributed by atoms with Crippen LogP contribution < -0.4 is 10.1 Å². The van der Waals surface area contributed by atoms with Crippen LogP contribution in [0, 0.1) is 0 Å². The van der Waals surface area contributed by atoms with Crippen molar-refractivity contribution in [3.05, 3.63) is 35.9 Å². The predicted molar refractivity (Wildman–Crippen MR) is 90.2 cm³/mol. The molecule has 1 aromatic carbocycles. The second-order valence-corrected chi connectivity index (χ2v) is 6.19. The minimum absolute atomic E-state index is 0.0171. The van der Waals surface area contributed by atoms with Crippen molar-refractivity contribution in [1.29, 1.82) is 0 Å². The van der Waals surface area contributed by atoms with Crippen LogP contribution in [0.2, 0.25) is 0 Å². The Morgan fingerprint density at radius 2 is 1.84 bits per heavy atom. The highest BCUT2D eigenvalue weighted by Gasteiger charge is 2.42. The van der Waals surface area contributed by atoms with E-state index in [1.165, 1.54) is 4.68 Å². The van der Waals surface area contributed by atoms with Crippen LogP contribution >= 0.6 is 0 Å². The van der Waals surface area contributed by atoms with Crippen LogP contribution in [0.3, 0.4) is 0 Å². The smallest absolute Gasteiger partial charge is 0.425 e. The van der Waals surface area contributed by atoms with Gasteiger partial charge in [0.2, 0.25) is 5.88 Å². The Morgan fingerprint density at radius 3 is 2.44 bits per heavy atom. The largest absolute Gasteiger partial charge is 0.476 e. The van der Waals surface area contributed by atoms with Crippen LogP contribution in [-0.2, 0) is 6.18 Å². The van der Waals surface area contributed by atoms with E-state index in [4.69, 9.17) is 4.74 Å². The molecule has 1 fully saturated rings. The molecule has 1 saturated carbocycles. The summed E-state index contributed by atoms with van der Waals surface area (Å²) in [6.07, 6.45) is 0.358. The van der Waals surface area contributed by atoms with Gasteiger partial charge in [0.15, 0.2) is 5.56 Å². The van der Waals surface area contributed by atoms with E-state index in [2.05, 4.69) is 10.4 Å². The maximum Gasteiger partial charge on any atom is 0.425 e. The van der Waals surface area contributed by atoms with Crippen molar-refractivity contribution < 1.29 is 17.9 Å². The molecular weight excluding hydrogens is 331 g/mol. The van der Waals surface area contributed by atoms with Gasteiger partial charge in [0.05, 0.1) is 12.3 Å². The molecule has 0 unspecified atom stereocenters. The van der Waals surface area contributed by atoms with Crippen molar-refractivity contribution in [2.24, 2.45) is 0 Å². The van der Waals surface area contributed by atoms with Crippen LogP contribution in [0.5, 0.6) is 5.88 Å². The van der Waals surface area contributed by atoms with E-state index in [0.29, 0.717) is 5.69 Å². The molecule has 1 N–H and O–H groups in total. The molecule has 1 aromatic heterocycles. The number of anilines is 1. The molecule has 1 heterocycles. The third kappa shape index (κ3) is 3.91. The fourth-order valence-electron chi connectivity index (χ4n) is 3.22. The van der Waals surface area contributed by atoms with Crippen LogP contribution in [0.15, 0.2) is 30.3 Å². The van der Waals surface area contributed by atoms with E-state index >= 15 is 0 Å². The standard InChI is InChI=1S/C18H22F3N3O/c1-2-25-17-15(18(19,20)21)16(22-13-9-5-3-6-10-13)24(23-17)14-11-7-4-8-12-14/h4,7-8,11-13,22H,2-3,5-6,9-10H2,1H3. The molecule has 1 aliphatic rings. The van der Waals surface area contributed by atoms with Gasteiger partial charge in [0, 0.05) is 6.04 Å². The first kappa shape index (κ1) is 17.6. The molecule has 0 atom stereocenters. The van der Waals surface area contributed by atoms with E-state index in [9.17, 15) is 13.2 Å². The zero-order valence-electron chi connectivity index (χ0n) is 14.1. The van der Waals surface area contributed by atoms with Crippen LogP contribution in [0.1, 0.15) is 44.6 Å². The summed E-state index contributed by atoms with van der Waals surface area (Å²) in [5, 5.41) is 7.22. The summed E-state index contributed by atoms with van der Waals surface area (Å²) in [5.41, 5.74) is -0.263. The summed E-state index contributed by atoms with van der Waals surface area (Å²) in [6, 6.07) is 8.84. The molecule has 0 bridgehead atoms. The second kappa shape index (κ2) is 7.37. The topological polar surface area (TPSA) is 39.1 Å². The number of halogens is 3. The first-order valence-corrected chi connectivity index (χ1v) is 8.65. The zero-order chi connectivity index (χ0) is 17.9. The monoisotopic (exact) mass is 353 g/mol. The summed E-state index contributed by atoms with van der Waals surface area (Å²) < 4.78 is 47.7. The maximum atomic E-state index is 13.7. The molecule has 3 rings (SSSR count). The zero-order valence-corrected chi connectivity index (χ0v) is 14.1. The highest BCUT2D eigenvalue weighted by atomic mass is 19.4. The molecule has 1 aliphatic carbocycles. The summed E-state index contributed by atoms with van der Waals surface area (Å²) in [5.74, 6) is -0.411. The SMILES string of the molecule is CCOc1nn(-c2ccccc2)c(NC2CCCCC2)c1C(F)(F)F. The Labute approximate surface area is 145 Å². The minimum atomic E-state index is -4.55. The van der Waals surface area contributed by atoms with E-state index in [1.54, 1.807) is 31.2 Å². The third-order valence-corrected chi connectivity index (χ3v) is 4.36. The number of nitrogens with zero attached hydrogens (tertiary/aromatic N) is 2. The molecule has 0 spiro atoms. The minimum Gasteiger partial charge on any atom is -0.476 e.